The normalized spacial score (nSPS) is 29.1. The van der Waals surface area contributed by atoms with E-state index < -0.39 is 48.4 Å². The summed E-state index contributed by atoms with van der Waals surface area (Å²) in [5.74, 6) is -2.52. The summed E-state index contributed by atoms with van der Waals surface area (Å²) in [5, 5.41) is 41.1. The van der Waals surface area contributed by atoms with Crippen molar-refractivity contribution in [2.24, 2.45) is 17.8 Å². The maximum Gasteiger partial charge on any atom is 0.330 e. The molecule has 0 aromatic heterocycles. The van der Waals surface area contributed by atoms with E-state index in [4.69, 9.17) is 14.2 Å². The smallest absolute Gasteiger partial charge is 0.330 e. The fourth-order valence-electron chi connectivity index (χ4n) is 4.33. The summed E-state index contributed by atoms with van der Waals surface area (Å²) in [7, 11) is 0. The molecule has 1 aliphatic carbocycles. The minimum Gasteiger partial charge on any atom is -0.508 e. The van der Waals surface area contributed by atoms with Gasteiger partial charge < -0.3 is 34.6 Å². The van der Waals surface area contributed by atoms with Gasteiger partial charge in [-0.3, -0.25) is 4.79 Å². The summed E-state index contributed by atoms with van der Waals surface area (Å²) in [6.07, 6.45) is 2.48. The van der Waals surface area contributed by atoms with Gasteiger partial charge in [0.2, 0.25) is 6.29 Å². The van der Waals surface area contributed by atoms with Gasteiger partial charge in [-0.25, -0.2) is 4.79 Å². The number of ether oxygens (including phenoxy) is 3. The van der Waals surface area contributed by atoms with Crippen molar-refractivity contribution in [1.29, 1.82) is 0 Å². The van der Waals surface area contributed by atoms with Crippen LogP contribution < -0.4 is 0 Å². The molecule has 34 heavy (non-hydrogen) atoms. The lowest BCUT2D eigenvalue weighted by Crippen LogP contribution is -2.54. The van der Waals surface area contributed by atoms with E-state index in [-0.39, 0.29) is 31.1 Å². The molecular weight excluding hydrogens is 444 g/mol. The third kappa shape index (κ3) is 5.78. The number of phenolic OH excluding ortho intramolecular Hbond substituents is 1. The maximum atomic E-state index is 12.4. The third-order valence-electron chi connectivity index (χ3n) is 6.58. The van der Waals surface area contributed by atoms with Gasteiger partial charge in [-0.05, 0) is 41.7 Å². The van der Waals surface area contributed by atoms with Gasteiger partial charge in [-0.15, -0.1) is 0 Å². The Morgan fingerprint density at radius 2 is 2.00 bits per heavy atom. The first-order valence-electron chi connectivity index (χ1n) is 11.4. The molecule has 0 spiro atoms. The molecule has 186 valence electrons. The second-order valence-electron chi connectivity index (χ2n) is 8.97. The Morgan fingerprint density at radius 1 is 1.29 bits per heavy atom. The lowest BCUT2D eigenvalue weighted by Gasteiger charge is -2.40. The zero-order valence-electron chi connectivity index (χ0n) is 19.3. The molecular formula is C25H32O9. The standard InChI is InChI=1S/C25H32O9/c1-3-15(2)10-22(30)34-24-23-19(17(12-26)13-32-24)11-20(28)25(23,31)14-33-21(29)9-6-16-4-7-18(27)8-5-16/h4-9,13,15,19-20,23-24,26-28,31H,3,10-12,14H2,1-2H3/b9-6+/t15-,19-,20+,23-,24+,25-/m0/s1. The summed E-state index contributed by atoms with van der Waals surface area (Å²) in [4.78, 5) is 24.7. The second-order valence-corrected chi connectivity index (χ2v) is 8.97. The number of esters is 2. The van der Waals surface area contributed by atoms with E-state index in [2.05, 4.69) is 0 Å². The number of aromatic hydroxyl groups is 1. The predicted octanol–water partition coefficient (Wildman–Crippen LogP) is 1.89. The maximum absolute atomic E-state index is 12.4. The van der Waals surface area contributed by atoms with Crippen LogP contribution in [0.3, 0.4) is 0 Å². The van der Waals surface area contributed by atoms with Crippen LogP contribution in [0, 0.1) is 17.8 Å². The number of carbonyl (C=O) groups is 2. The third-order valence-corrected chi connectivity index (χ3v) is 6.58. The zero-order valence-corrected chi connectivity index (χ0v) is 19.3. The van der Waals surface area contributed by atoms with Crippen molar-refractivity contribution in [2.75, 3.05) is 13.2 Å². The zero-order chi connectivity index (χ0) is 24.9. The molecule has 3 rings (SSSR count). The van der Waals surface area contributed by atoms with E-state index in [0.29, 0.717) is 11.1 Å². The summed E-state index contributed by atoms with van der Waals surface area (Å²) < 4.78 is 16.3. The average molecular weight is 477 g/mol. The van der Waals surface area contributed by atoms with Crippen molar-refractivity contribution in [3.63, 3.8) is 0 Å². The number of aliphatic hydroxyl groups is 3. The van der Waals surface area contributed by atoms with Gasteiger partial charge in [0, 0.05) is 18.4 Å². The van der Waals surface area contributed by atoms with Gasteiger partial charge in [-0.1, -0.05) is 32.4 Å². The van der Waals surface area contributed by atoms with E-state index in [0.717, 1.165) is 12.5 Å². The number of hydrogen-bond donors (Lipinski definition) is 4. The number of phenols is 1. The molecule has 1 aromatic rings. The molecule has 9 nitrogen and oxygen atoms in total. The van der Waals surface area contributed by atoms with Crippen LogP contribution in [0.1, 0.15) is 38.7 Å². The lowest BCUT2D eigenvalue weighted by atomic mass is 9.80. The highest BCUT2D eigenvalue weighted by Crippen LogP contribution is 2.49. The summed E-state index contributed by atoms with van der Waals surface area (Å²) in [6, 6.07) is 6.17. The van der Waals surface area contributed by atoms with Crippen LogP contribution in [0.15, 0.2) is 42.2 Å². The molecule has 1 aliphatic heterocycles. The molecule has 4 N–H and O–H groups in total. The van der Waals surface area contributed by atoms with Crippen LogP contribution in [-0.2, 0) is 23.8 Å². The molecule has 0 bridgehead atoms. The minimum absolute atomic E-state index is 0.0806. The van der Waals surface area contributed by atoms with Crippen LogP contribution in [0.2, 0.25) is 0 Å². The Morgan fingerprint density at radius 3 is 2.65 bits per heavy atom. The van der Waals surface area contributed by atoms with Crippen LogP contribution in [-0.4, -0.2) is 63.6 Å². The number of fused-ring (bicyclic) bond motifs is 1. The first kappa shape index (κ1) is 25.7. The number of benzene rings is 1. The molecule has 0 amide bonds. The monoisotopic (exact) mass is 476 g/mol. The van der Waals surface area contributed by atoms with Crippen molar-refractivity contribution in [3.05, 3.63) is 47.7 Å². The highest BCUT2D eigenvalue weighted by Gasteiger charge is 2.61. The molecule has 1 fully saturated rings. The SMILES string of the molecule is CC[C@H](C)CC(=O)O[C@H]1OC=C(CO)[C@@H]2C[C@@H](O)[C@@](O)(COC(=O)/C=C/c3ccc(O)cc3)[C@H]12. The van der Waals surface area contributed by atoms with Crippen LogP contribution in [0.5, 0.6) is 5.75 Å². The molecule has 9 heteroatoms. The lowest BCUT2D eigenvalue weighted by molar-refractivity contribution is -0.221. The van der Waals surface area contributed by atoms with E-state index in [1.165, 1.54) is 24.5 Å². The van der Waals surface area contributed by atoms with Gasteiger partial charge in [0.05, 0.1) is 24.9 Å². The molecule has 0 saturated heterocycles. The second kappa shape index (κ2) is 11.0. The molecule has 2 aliphatic rings. The van der Waals surface area contributed by atoms with E-state index in [9.17, 15) is 30.0 Å². The average Bonchev–Trinajstić information content (AvgIpc) is 3.08. The van der Waals surface area contributed by atoms with Crippen LogP contribution >= 0.6 is 0 Å². The predicted molar refractivity (Wildman–Crippen MR) is 121 cm³/mol. The first-order chi connectivity index (χ1) is 16.2. The van der Waals surface area contributed by atoms with Crippen molar-refractivity contribution < 1.29 is 44.2 Å². The Bertz CT molecular complexity index is 923. The Labute approximate surface area is 198 Å². The van der Waals surface area contributed by atoms with Crippen molar-refractivity contribution in [1.82, 2.24) is 0 Å². The first-order valence-corrected chi connectivity index (χ1v) is 11.4. The summed E-state index contributed by atoms with van der Waals surface area (Å²) in [6.45, 7) is 2.95. The fourth-order valence-corrected chi connectivity index (χ4v) is 4.33. The quantitative estimate of drug-likeness (QED) is 0.310. The van der Waals surface area contributed by atoms with Crippen molar-refractivity contribution in [2.45, 2.75) is 51.1 Å². The molecule has 6 atom stereocenters. The van der Waals surface area contributed by atoms with Gasteiger partial charge >= 0.3 is 11.9 Å². The Kier molecular flexibility index (Phi) is 8.35. The van der Waals surface area contributed by atoms with Gasteiger partial charge in [0.1, 0.15) is 18.0 Å². The molecule has 1 heterocycles. The summed E-state index contributed by atoms with van der Waals surface area (Å²) in [5.41, 5.74) is -0.850. The molecule has 0 radical (unpaired) electrons. The fraction of sp³-hybridized carbons (Fsp3) is 0.520. The van der Waals surface area contributed by atoms with E-state index in [1.807, 2.05) is 13.8 Å². The molecule has 1 saturated carbocycles. The van der Waals surface area contributed by atoms with Gasteiger partial charge in [-0.2, -0.15) is 0 Å². The summed E-state index contributed by atoms with van der Waals surface area (Å²) >= 11 is 0. The topological polar surface area (TPSA) is 143 Å². The van der Waals surface area contributed by atoms with Gasteiger partial charge in [0.15, 0.2) is 0 Å². The Balaban J connectivity index is 1.72. The number of rotatable bonds is 9. The van der Waals surface area contributed by atoms with Crippen molar-refractivity contribution in [3.8, 4) is 5.75 Å². The minimum atomic E-state index is -1.96. The van der Waals surface area contributed by atoms with E-state index in [1.54, 1.807) is 12.1 Å². The largest absolute Gasteiger partial charge is 0.508 e. The van der Waals surface area contributed by atoms with E-state index >= 15 is 0 Å². The molecule has 1 aromatic carbocycles. The Hall–Kier alpha value is -2.88. The number of carbonyl (C=O) groups excluding carboxylic acids is 2. The molecule has 0 unspecified atom stereocenters. The highest BCUT2D eigenvalue weighted by atomic mass is 16.7. The van der Waals surface area contributed by atoms with Gasteiger partial charge in [0.25, 0.3) is 0 Å². The number of aliphatic hydroxyl groups excluding tert-OH is 2. The number of hydrogen-bond acceptors (Lipinski definition) is 9. The van der Waals surface area contributed by atoms with Crippen LogP contribution in [0.25, 0.3) is 6.08 Å². The van der Waals surface area contributed by atoms with Crippen molar-refractivity contribution >= 4 is 18.0 Å². The highest BCUT2D eigenvalue weighted by molar-refractivity contribution is 5.87. The van der Waals surface area contributed by atoms with Crippen LogP contribution in [0.4, 0.5) is 0 Å².